The molecule has 0 radical (unpaired) electrons. The van der Waals surface area contributed by atoms with Crippen molar-refractivity contribution in [2.45, 2.75) is 19.8 Å². The zero-order chi connectivity index (χ0) is 14.8. The Kier molecular flexibility index (Phi) is 11.2. The molecule has 0 aliphatic heterocycles. The van der Waals surface area contributed by atoms with Crippen molar-refractivity contribution in [3.05, 3.63) is 0 Å². The second kappa shape index (κ2) is 10.7. The lowest BCUT2D eigenvalue weighted by atomic mass is 10.6. The Bertz CT molecular complexity index is 273. The molecule has 0 aliphatic rings. The molecule has 0 aromatic heterocycles. The predicted molar refractivity (Wildman–Crippen MR) is 80.2 cm³/mol. The van der Waals surface area contributed by atoms with E-state index in [9.17, 15) is 9.67 Å². The summed E-state index contributed by atoms with van der Waals surface area (Å²) in [6.45, 7) is 3.59. The first kappa shape index (κ1) is 20.0. The fourth-order valence-corrected chi connectivity index (χ4v) is 4.43. The molecule has 0 spiro atoms. The lowest BCUT2D eigenvalue weighted by Gasteiger charge is -2.33. The van der Waals surface area contributed by atoms with Gasteiger partial charge in [-0.3, -0.25) is 4.57 Å². The fourth-order valence-electron chi connectivity index (χ4n) is 1.28. The lowest BCUT2D eigenvalue weighted by molar-refractivity contribution is -0.355. The van der Waals surface area contributed by atoms with Crippen molar-refractivity contribution in [2.24, 2.45) is 0 Å². The SMILES string of the molecule is CCOC(CO)(OCC)OP(=O)(CCBr)OCCBr. The quantitative estimate of drug-likeness (QED) is 0.293. The average molecular weight is 428 g/mol. The molecule has 0 aromatic rings. The number of ether oxygens (including phenoxy) is 2. The van der Waals surface area contributed by atoms with Crippen molar-refractivity contribution in [1.82, 2.24) is 0 Å². The monoisotopic (exact) mass is 426 g/mol. The summed E-state index contributed by atoms with van der Waals surface area (Å²) in [5.74, 6) is -1.74. The van der Waals surface area contributed by atoms with E-state index in [1.807, 2.05) is 0 Å². The third-order valence-electron chi connectivity index (χ3n) is 1.92. The van der Waals surface area contributed by atoms with E-state index in [0.29, 0.717) is 10.7 Å². The summed E-state index contributed by atoms with van der Waals surface area (Å²) in [5, 5.41) is 10.4. The van der Waals surface area contributed by atoms with Gasteiger partial charge in [-0.1, -0.05) is 31.9 Å². The van der Waals surface area contributed by atoms with E-state index in [1.54, 1.807) is 13.8 Å². The summed E-state index contributed by atoms with van der Waals surface area (Å²) in [6, 6.07) is 0. The fraction of sp³-hybridized carbons (Fsp3) is 1.00. The van der Waals surface area contributed by atoms with Gasteiger partial charge in [-0.25, -0.2) is 4.52 Å². The molecule has 0 aromatic carbocycles. The Hall–Kier alpha value is 0.990. The Morgan fingerprint density at radius 3 is 2.11 bits per heavy atom. The normalized spacial score (nSPS) is 15.4. The van der Waals surface area contributed by atoms with Crippen molar-refractivity contribution in [3.63, 3.8) is 0 Å². The van der Waals surface area contributed by atoms with Gasteiger partial charge in [0.1, 0.15) is 6.61 Å². The van der Waals surface area contributed by atoms with E-state index in [-0.39, 0.29) is 26.0 Å². The summed E-state index contributed by atoms with van der Waals surface area (Å²) >= 11 is 6.38. The highest BCUT2D eigenvalue weighted by Gasteiger charge is 2.41. The minimum atomic E-state index is -3.42. The number of aliphatic hydroxyl groups excluding tert-OH is 1. The van der Waals surface area contributed by atoms with Crippen LogP contribution in [-0.4, -0.2) is 54.3 Å². The van der Waals surface area contributed by atoms with Crippen LogP contribution >= 0.6 is 39.5 Å². The van der Waals surface area contributed by atoms with E-state index in [0.717, 1.165) is 0 Å². The van der Waals surface area contributed by atoms with Crippen LogP contribution in [0.2, 0.25) is 0 Å². The molecule has 19 heavy (non-hydrogen) atoms. The van der Waals surface area contributed by atoms with Gasteiger partial charge in [0, 0.05) is 23.9 Å². The van der Waals surface area contributed by atoms with E-state index < -0.39 is 20.2 Å². The molecular weight excluding hydrogens is 407 g/mol. The van der Waals surface area contributed by atoms with Crippen LogP contribution in [0.15, 0.2) is 0 Å². The number of alkyl halides is 2. The number of halogens is 2. The van der Waals surface area contributed by atoms with Crippen LogP contribution in [0, 0.1) is 0 Å². The van der Waals surface area contributed by atoms with Gasteiger partial charge < -0.3 is 19.1 Å². The molecule has 6 nitrogen and oxygen atoms in total. The Morgan fingerprint density at radius 2 is 1.74 bits per heavy atom. The molecule has 116 valence electrons. The highest BCUT2D eigenvalue weighted by atomic mass is 79.9. The maximum atomic E-state index is 12.5. The summed E-state index contributed by atoms with van der Waals surface area (Å²) in [4.78, 5) is 0. The Balaban J connectivity index is 4.94. The average Bonchev–Trinajstić information content (AvgIpc) is 2.37. The van der Waals surface area contributed by atoms with Gasteiger partial charge in [0.25, 0.3) is 0 Å². The first-order valence-corrected chi connectivity index (χ1v) is 9.93. The molecule has 0 saturated heterocycles. The number of aliphatic hydroxyl groups is 1. The van der Waals surface area contributed by atoms with Gasteiger partial charge in [0.15, 0.2) is 0 Å². The molecule has 1 unspecified atom stereocenters. The predicted octanol–water partition coefficient (Wildman–Crippen LogP) is 2.72. The second-order valence-corrected chi connectivity index (χ2v) is 7.04. The molecule has 0 saturated carbocycles. The van der Waals surface area contributed by atoms with E-state index >= 15 is 0 Å². The molecule has 0 rings (SSSR count). The van der Waals surface area contributed by atoms with Crippen LogP contribution < -0.4 is 0 Å². The first-order valence-electron chi connectivity index (χ1n) is 5.96. The minimum absolute atomic E-state index is 0.155. The van der Waals surface area contributed by atoms with Gasteiger partial charge in [-0.2, -0.15) is 0 Å². The topological polar surface area (TPSA) is 74.2 Å². The third-order valence-corrected chi connectivity index (χ3v) is 5.16. The lowest BCUT2D eigenvalue weighted by Crippen LogP contribution is -2.42. The zero-order valence-corrected chi connectivity index (χ0v) is 15.2. The van der Waals surface area contributed by atoms with Crippen molar-refractivity contribution in [3.8, 4) is 0 Å². The van der Waals surface area contributed by atoms with Gasteiger partial charge in [-0.05, 0) is 13.8 Å². The smallest absolute Gasteiger partial charge is 0.335 e. The minimum Gasteiger partial charge on any atom is -0.388 e. The van der Waals surface area contributed by atoms with Crippen LogP contribution in [0.1, 0.15) is 13.8 Å². The highest BCUT2D eigenvalue weighted by molar-refractivity contribution is 9.09. The van der Waals surface area contributed by atoms with Crippen molar-refractivity contribution in [2.75, 3.05) is 43.2 Å². The van der Waals surface area contributed by atoms with Gasteiger partial charge in [0.2, 0.25) is 0 Å². The molecule has 0 fully saturated rings. The third kappa shape index (κ3) is 7.52. The summed E-state index contributed by atoms with van der Waals surface area (Å²) in [6.07, 6.45) is 0.155. The van der Waals surface area contributed by atoms with Crippen LogP contribution in [0.3, 0.4) is 0 Å². The largest absolute Gasteiger partial charge is 0.388 e. The molecule has 0 aliphatic carbocycles. The van der Waals surface area contributed by atoms with Crippen molar-refractivity contribution >= 4 is 39.5 Å². The molecular formula is C10H21Br2O6P. The van der Waals surface area contributed by atoms with Gasteiger partial charge in [-0.15, -0.1) is 0 Å². The van der Waals surface area contributed by atoms with Gasteiger partial charge >= 0.3 is 13.6 Å². The number of hydrogen-bond acceptors (Lipinski definition) is 6. The molecule has 1 atom stereocenters. The van der Waals surface area contributed by atoms with Gasteiger partial charge in [0.05, 0.1) is 12.8 Å². The summed E-state index contributed by atoms with van der Waals surface area (Å²) in [5.41, 5.74) is 0. The zero-order valence-electron chi connectivity index (χ0n) is 11.1. The first-order chi connectivity index (χ1) is 9.01. The van der Waals surface area contributed by atoms with E-state index in [2.05, 4.69) is 31.9 Å². The Morgan fingerprint density at radius 1 is 1.16 bits per heavy atom. The maximum absolute atomic E-state index is 12.5. The van der Waals surface area contributed by atoms with Crippen molar-refractivity contribution < 1.29 is 28.2 Å². The van der Waals surface area contributed by atoms with Crippen LogP contribution in [0.25, 0.3) is 0 Å². The molecule has 0 heterocycles. The molecule has 9 heteroatoms. The van der Waals surface area contributed by atoms with E-state index in [1.165, 1.54) is 0 Å². The van der Waals surface area contributed by atoms with Crippen molar-refractivity contribution in [1.29, 1.82) is 0 Å². The Labute approximate surface area is 130 Å². The second-order valence-electron chi connectivity index (χ2n) is 3.34. The maximum Gasteiger partial charge on any atom is 0.335 e. The van der Waals surface area contributed by atoms with Crippen LogP contribution in [-0.2, 0) is 23.1 Å². The summed E-state index contributed by atoms with van der Waals surface area (Å²) in [7, 11) is -3.42. The van der Waals surface area contributed by atoms with Crippen LogP contribution in [0.4, 0.5) is 0 Å². The molecule has 0 bridgehead atoms. The van der Waals surface area contributed by atoms with Crippen LogP contribution in [0.5, 0.6) is 0 Å². The molecule has 1 N–H and O–H groups in total. The standard InChI is InChI=1S/C10H21Br2O6P/c1-3-15-10(9-13,16-4-2)18-19(14,8-6-12)17-7-5-11/h13H,3-9H2,1-2H3. The number of hydrogen-bond donors (Lipinski definition) is 1. The van der Waals surface area contributed by atoms with E-state index in [4.69, 9.17) is 18.5 Å². The highest BCUT2D eigenvalue weighted by Crippen LogP contribution is 2.52. The molecule has 0 amide bonds. The summed E-state index contributed by atoms with van der Waals surface area (Å²) < 4.78 is 33.7. The number of rotatable bonds is 12.